The Bertz CT molecular complexity index is 696. The van der Waals surface area contributed by atoms with Crippen molar-refractivity contribution >= 4 is 21.4 Å². The fourth-order valence-electron chi connectivity index (χ4n) is 2.58. The number of rotatable bonds is 4. The maximum absolute atomic E-state index is 12.4. The van der Waals surface area contributed by atoms with Crippen LogP contribution in [-0.4, -0.2) is 19.4 Å². The van der Waals surface area contributed by atoms with Gasteiger partial charge in [0.15, 0.2) is 0 Å². The molecule has 3 N–H and O–H groups in total. The second kappa shape index (κ2) is 4.41. The Morgan fingerprint density at radius 2 is 1.76 bits per heavy atom. The zero-order valence-electron chi connectivity index (χ0n) is 12.4. The zero-order chi connectivity index (χ0) is 16.2. The van der Waals surface area contributed by atoms with E-state index in [1.54, 1.807) is 0 Å². The predicted molar refractivity (Wildman–Crippen MR) is 79.2 cm³/mol. The number of sulfonamides is 1. The van der Waals surface area contributed by atoms with E-state index in [9.17, 15) is 18.5 Å². The van der Waals surface area contributed by atoms with Crippen molar-refractivity contribution in [3.63, 3.8) is 0 Å². The van der Waals surface area contributed by atoms with E-state index in [0.717, 1.165) is 6.07 Å². The Labute approximate surface area is 123 Å². The van der Waals surface area contributed by atoms with Gasteiger partial charge in [0.05, 0.1) is 10.6 Å². The fourth-order valence-corrected chi connectivity index (χ4v) is 4.26. The summed E-state index contributed by atoms with van der Waals surface area (Å²) in [6, 6.07) is 3.16. The third-order valence-electron chi connectivity index (χ3n) is 4.79. The van der Waals surface area contributed by atoms with E-state index in [-0.39, 0.29) is 33.1 Å². The molecule has 2 rings (SSSR count). The van der Waals surface area contributed by atoms with Gasteiger partial charge in [0, 0.05) is 18.2 Å². The number of nitrogens with zero attached hydrogens (tertiary/aromatic N) is 1. The average molecular weight is 313 g/mol. The van der Waals surface area contributed by atoms with Crippen LogP contribution < -0.4 is 10.5 Å². The molecule has 7 nitrogen and oxygen atoms in total. The third-order valence-corrected chi connectivity index (χ3v) is 6.27. The van der Waals surface area contributed by atoms with Gasteiger partial charge in [-0.15, -0.1) is 0 Å². The molecule has 8 heteroatoms. The van der Waals surface area contributed by atoms with Gasteiger partial charge in [-0.2, -0.15) is 0 Å². The lowest BCUT2D eigenvalue weighted by molar-refractivity contribution is -0.385. The molecule has 0 amide bonds. The van der Waals surface area contributed by atoms with Crippen LogP contribution in [0.2, 0.25) is 0 Å². The van der Waals surface area contributed by atoms with Gasteiger partial charge in [0.25, 0.3) is 5.69 Å². The van der Waals surface area contributed by atoms with Gasteiger partial charge < -0.3 is 5.73 Å². The molecular weight excluding hydrogens is 294 g/mol. The van der Waals surface area contributed by atoms with Crippen LogP contribution in [0.15, 0.2) is 23.1 Å². The maximum atomic E-state index is 12.4. The summed E-state index contributed by atoms with van der Waals surface area (Å²) in [5, 5.41) is 10.8. The van der Waals surface area contributed by atoms with Crippen LogP contribution in [0, 0.1) is 20.9 Å². The number of nitrogens with two attached hydrogens (primary N) is 1. The quantitative estimate of drug-likeness (QED) is 0.500. The number of benzene rings is 1. The molecule has 1 fully saturated rings. The Morgan fingerprint density at radius 1 is 1.24 bits per heavy atom. The summed E-state index contributed by atoms with van der Waals surface area (Å²) in [5.74, 6) is 0. The van der Waals surface area contributed by atoms with Crippen molar-refractivity contribution in [1.29, 1.82) is 0 Å². The van der Waals surface area contributed by atoms with Crippen LogP contribution in [0.3, 0.4) is 0 Å². The van der Waals surface area contributed by atoms with Gasteiger partial charge in [-0.1, -0.05) is 27.7 Å². The van der Waals surface area contributed by atoms with Gasteiger partial charge >= 0.3 is 0 Å². The lowest BCUT2D eigenvalue weighted by Gasteiger charge is -2.10. The molecule has 0 radical (unpaired) electrons. The van der Waals surface area contributed by atoms with E-state index in [2.05, 4.69) is 4.72 Å². The standard InChI is InChI=1S/C13H19N3O4S/c1-12(2)11(13(12,3)4)15-21(19,20)10-7-8(16(17)18)5-6-9(10)14/h5-7,11,15H,14H2,1-4H3. The van der Waals surface area contributed by atoms with Gasteiger partial charge in [-0.3, -0.25) is 10.1 Å². The van der Waals surface area contributed by atoms with E-state index >= 15 is 0 Å². The molecule has 0 bridgehead atoms. The topological polar surface area (TPSA) is 115 Å². The minimum atomic E-state index is -3.91. The van der Waals surface area contributed by atoms with Crippen molar-refractivity contribution in [1.82, 2.24) is 4.72 Å². The van der Waals surface area contributed by atoms with Crippen molar-refractivity contribution in [2.24, 2.45) is 10.8 Å². The van der Waals surface area contributed by atoms with Crippen molar-refractivity contribution in [3.05, 3.63) is 28.3 Å². The van der Waals surface area contributed by atoms with E-state index in [0.29, 0.717) is 0 Å². The minimum Gasteiger partial charge on any atom is -0.398 e. The molecule has 0 aliphatic heterocycles. The Balaban J connectivity index is 2.38. The fraction of sp³-hybridized carbons (Fsp3) is 0.538. The molecule has 0 unspecified atom stereocenters. The van der Waals surface area contributed by atoms with Crippen LogP contribution in [0.4, 0.5) is 11.4 Å². The van der Waals surface area contributed by atoms with Crippen LogP contribution in [0.5, 0.6) is 0 Å². The summed E-state index contributed by atoms with van der Waals surface area (Å²) in [6.07, 6.45) is 0. The Kier molecular flexibility index (Phi) is 3.30. The summed E-state index contributed by atoms with van der Waals surface area (Å²) in [6.45, 7) is 7.88. The number of nitro groups is 1. The summed E-state index contributed by atoms with van der Waals surface area (Å²) in [5.41, 5.74) is 4.98. The van der Waals surface area contributed by atoms with Gasteiger partial charge in [0.1, 0.15) is 4.90 Å². The molecule has 1 aliphatic carbocycles. The van der Waals surface area contributed by atoms with Crippen LogP contribution >= 0.6 is 0 Å². The first kappa shape index (κ1) is 15.7. The number of nitrogens with one attached hydrogen (secondary N) is 1. The summed E-state index contributed by atoms with van der Waals surface area (Å²) < 4.78 is 27.5. The first-order valence-corrected chi connectivity index (χ1v) is 7.96. The highest BCUT2D eigenvalue weighted by atomic mass is 32.2. The second-order valence-corrected chi connectivity index (χ2v) is 8.16. The maximum Gasteiger partial charge on any atom is 0.270 e. The summed E-state index contributed by atoms with van der Waals surface area (Å²) in [7, 11) is -3.91. The zero-order valence-corrected chi connectivity index (χ0v) is 13.2. The highest BCUT2D eigenvalue weighted by Gasteiger charge is 2.66. The van der Waals surface area contributed by atoms with Gasteiger partial charge in [0.2, 0.25) is 10.0 Å². The van der Waals surface area contributed by atoms with Crippen molar-refractivity contribution in [2.75, 3.05) is 5.73 Å². The number of nitrogen functional groups attached to an aromatic ring is 1. The smallest absolute Gasteiger partial charge is 0.270 e. The van der Waals surface area contributed by atoms with Gasteiger partial charge in [-0.05, 0) is 16.9 Å². The van der Waals surface area contributed by atoms with Gasteiger partial charge in [-0.25, -0.2) is 13.1 Å². The molecule has 1 aliphatic rings. The SMILES string of the molecule is CC1(C)C(NS(=O)(=O)c2cc([N+](=O)[O-])ccc2N)C1(C)C. The first-order chi connectivity index (χ1) is 9.41. The number of anilines is 1. The molecule has 0 saturated heterocycles. The van der Waals surface area contributed by atoms with Crippen LogP contribution in [0.1, 0.15) is 27.7 Å². The molecular formula is C13H19N3O4S. The number of hydrogen-bond donors (Lipinski definition) is 2. The number of nitro benzene ring substituents is 1. The molecule has 116 valence electrons. The normalized spacial score (nSPS) is 20.2. The summed E-state index contributed by atoms with van der Waals surface area (Å²) in [4.78, 5) is 9.88. The van der Waals surface area contributed by atoms with E-state index in [1.807, 2.05) is 27.7 Å². The van der Waals surface area contributed by atoms with Crippen molar-refractivity contribution in [2.45, 2.75) is 38.6 Å². The molecule has 1 aromatic rings. The molecule has 1 aromatic carbocycles. The van der Waals surface area contributed by atoms with Crippen molar-refractivity contribution in [3.8, 4) is 0 Å². The van der Waals surface area contributed by atoms with E-state index < -0.39 is 14.9 Å². The average Bonchev–Trinajstić information content (AvgIpc) is 2.71. The highest BCUT2D eigenvalue weighted by molar-refractivity contribution is 7.89. The van der Waals surface area contributed by atoms with Crippen molar-refractivity contribution < 1.29 is 13.3 Å². The molecule has 0 aromatic heterocycles. The molecule has 0 spiro atoms. The largest absolute Gasteiger partial charge is 0.398 e. The molecule has 21 heavy (non-hydrogen) atoms. The molecule has 0 atom stereocenters. The Morgan fingerprint density at radius 3 is 2.19 bits per heavy atom. The molecule has 1 saturated carbocycles. The lowest BCUT2D eigenvalue weighted by Crippen LogP contribution is -2.30. The number of hydrogen-bond acceptors (Lipinski definition) is 5. The first-order valence-electron chi connectivity index (χ1n) is 6.47. The van der Waals surface area contributed by atoms with E-state index in [4.69, 9.17) is 5.73 Å². The minimum absolute atomic E-state index is 0.00985. The monoisotopic (exact) mass is 313 g/mol. The lowest BCUT2D eigenvalue weighted by atomic mass is 10.0. The second-order valence-electron chi connectivity index (χ2n) is 6.48. The number of non-ortho nitro benzene ring substituents is 1. The van der Waals surface area contributed by atoms with Crippen LogP contribution in [0.25, 0.3) is 0 Å². The van der Waals surface area contributed by atoms with Crippen LogP contribution in [-0.2, 0) is 10.0 Å². The summed E-state index contributed by atoms with van der Waals surface area (Å²) >= 11 is 0. The molecule has 0 heterocycles. The Hall–Kier alpha value is -1.67. The van der Waals surface area contributed by atoms with E-state index in [1.165, 1.54) is 12.1 Å². The predicted octanol–water partition coefficient (Wildman–Crippen LogP) is 1.89. The highest BCUT2D eigenvalue weighted by Crippen LogP contribution is 2.63. The third kappa shape index (κ3) is 2.38.